The zero-order chi connectivity index (χ0) is 9.54. The van der Waals surface area contributed by atoms with Crippen LogP contribution in [0.5, 0.6) is 0 Å². The first-order chi connectivity index (χ1) is 6.84. The van der Waals surface area contributed by atoms with Crippen LogP contribution in [0.4, 0.5) is 0 Å². The van der Waals surface area contributed by atoms with Crippen LogP contribution in [0.2, 0.25) is 0 Å². The van der Waals surface area contributed by atoms with Crippen LogP contribution >= 0.6 is 0 Å². The fraction of sp³-hybridized carbons (Fsp3) is 0.800. The molecule has 3 unspecified atom stereocenters. The van der Waals surface area contributed by atoms with Gasteiger partial charge in [-0.25, -0.2) is 0 Å². The Morgan fingerprint density at radius 2 is 2.36 bits per heavy atom. The molecule has 2 heterocycles. The van der Waals surface area contributed by atoms with Gasteiger partial charge in [0.05, 0.1) is 6.04 Å². The van der Waals surface area contributed by atoms with Gasteiger partial charge in [0, 0.05) is 5.92 Å². The summed E-state index contributed by atoms with van der Waals surface area (Å²) in [5.74, 6) is 2.98. The molecule has 1 aliphatic carbocycles. The van der Waals surface area contributed by atoms with Crippen molar-refractivity contribution in [3.8, 4) is 0 Å². The van der Waals surface area contributed by atoms with Gasteiger partial charge in [0.1, 0.15) is 0 Å². The molecule has 1 aromatic rings. The van der Waals surface area contributed by atoms with Gasteiger partial charge in [-0.05, 0) is 31.7 Å². The van der Waals surface area contributed by atoms with Crippen molar-refractivity contribution in [3.05, 3.63) is 11.7 Å². The lowest BCUT2D eigenvalue weighted by Crippen LogP contribution is -2.14. The highest BCUT2D eigenvalue weighted by Crippen LogP contribution is 2.46. The number of aromatic nitrogens is 2. The molecule has 14 heavy (non-hydrogen) atoms. The topological polar surface area (TPSA) is 51.0 Å². The van der Waals surface area contributed by atoms with Crippen molar-refractivity contribution in [2.45, 2.75) is 38.1 Å². The van der Waals surface area contributed by atoms with E-state index in [1.807, 2.05) is 0 Å². The number of nitrogens with zero attached hydrogens (tertiary/aromatic N) is 2. The highest BCUT2D eigenvalue weighted by atomic mass is 16.5. The molecule has 4 heteroatoms. The Bertz CT molecular complexity index is 330. The molecule has 2 fully saturated rings. The zero-order valence-corrected chi connectivity index (χ0v) is 8.36. The van der Waals surface area contributed by atoms with Crippen LogP contribution in [0, 0.1) is 5.92 Å². The number of hydrogen-bond donors (Lipinski definition) is 1. The average molecular weight is 193 g/mol. The number of nitrogens with one attached hydrogen (secondary N) is 1. The lowest BCUT2D eigenvalue weighted by molar-refractivity contribution is 0.366. The third kappa shape index (κ3) is 1.34. The Hall–Kier alpha value is -0.900. The van der Waals surface area contributed by atoms with Gasteiger partial charge in [-0.1, -0.05) is 12.1 Å². The monoisotopic (exact) mass is 193 g/mol. The second-order valence-corrected chi connectivity index (χ2v) is 4.46. The molecule has 0 aromatic carbocycles. The fourth-order valence-electron chi connectivity index (χ4n) is 2.11. The largest absolute Gasteiger partial charge is 0.339 e. The van der Waals surface area contributed by atoms with E-state index < -0.39 is 0 Å². The van der Waals surface area contributed by atoms with Gasteiger partial charge in [0.2, 0.25) is 5.89 Å². The maximum Gasteiger partial charge on any atom is 0.230 e. The number of rotatable bonds is 2. The molecule has 0 amide bonds. The van der Waals surface area contributed by atoms with E-state index in [1.165, 1.54) is 12.8 Å². The van der Waals surface area contributed by atoms with Crippen molar-refractivity contribution in [3.63, 3.8) is 0 Å². The fourth-order valence-corrected chi connectivity index (χ4v) is 2.11. The van der Waals surface area contributed by atoms with Gasteiger partial charge in [-0.15, -0.1) is 0 Å². The van der Waals surface area contributed by atoms with Gasteiger partial charge < -0.3 is 9.84 Å². The van der Waals surface area contributed by atoms with Crippen LogP contribution in [0.25, 0.3) is 0 Å². The van der Waals surface area contributed by atoms with Gasteiger partial charge in [-0.2, -0.15) is 4.98 Å². The highest BCUT2D eigenvalue weighted by Gasteiger charge is 2.39. The first-order valence-electron chi connectivity index (χ1n) is 5.41. The first kappa shape index (κ1) is 8.41. The van der Waals surface area contributed by atoms with Gasteiger partial charge >= 0.3 is 0 Å². The van der Waals surface area contributed by atoms with E-state index in [4.69, 9.17) is 4.52 Å². The van der Waals surface area contributed by atoms with Crippen LogP contribution < -0.4 is 5.32 Å². The molecular formula is C10H15N3O. The molecule has 1 saturated heterocycles. The van der Waals surface area contributed by atoms with Crippen molar-refractivity contribution in [2.24, 2.45) is 5.92 Å². The zero-order valence-electron chi connectivity index (χ0n) is 8.36. The summed E-state index contributed by atoms with van der Waals surface area (Å²) in [5, 5.41) is 7.42. The average Bonchev–Trinajstić information content (AvgIpc) is 2.72. The summed E-state index contributed by atoms with van der Waals surface area (Å²) < 4.78 is 5.27. The van der Waals surface area contributed by atoms with Crippen molar-refractivity contribution in [1.82, 2.24) is 15.5 Å². The predicted octanol–water partition coefficient (Wildman–Crippen LogP) is 1.62. The quantitative estimate of drug-likeness (QED) is 0.775. The third-order valence-corrected chi connectivity index (χ3v) is 3.26. The summed E-state index contributed by atoms with van der Waals surface area (Å²) in [5.41, 5.74) is 0. The second kappa shape index (κ2) is 3.05. The van der Waals surface area contributed by atoms with Gasteiger partial charge in [-0.3, -0.25) is 0 Å². The van der Waals surface area contributed by atoms with E-state index in [-0.39, 0.29) is 0 Å². The Labute approximate surface area is 83.1 Å². The van der Waals surface area contributed by atoms with Gasteiger partial charge in [0.25, 0.3) is 0 Å². The summed E-state index contributed by atoms with van der Waals surface area (Å²) in [7, 11) is 0. The van der Waals surface area contributed by atoms with Crippen molar-refractivity contribution in [2.75, 3.05) is 6.54 Å². The summed E-state index contributed by atoms with van der Waals surface area (Å²) in [6.45, 7) is 3.30. The van der Waals surface area contributed by atoms with Crippen LogP contribution in [0.1, 0.15) is 49.9 Å². The van der Waals surface area contributed by atoms with E-state index in [9.17, 15) is 0 Å². The maximum atomic E-state index is 5.27. The summed E-state index contributed by atoms with van der Waals surface area (Å²) >= 11 is 0. The molecule has 0 spiro atoms. The lowest BCUT2D eigenvalue weighted by Gasteiger charge is -2.01. The first-order valence-corrected chi connectivity index (χ1v) is 5.41. The van der Waals surface area contributed by atoms with Crippen LogP contribution in [-0.4, -0.2) is 16.7 Å². The van der Waals surface area contributed by atoms with Gasteiger partial charge in [0.15, 0.2) is 5.82 Å². The molecule has 2 aliphatic rings. The molecule has 0 bridgehead atoms. The Kier molecular flexibility index (Phi) is 1.83. The third-order valence-electron chi connectivity index (χ3n) is 3.26. The normalized spacial score (nSPS) is 36.2. The second-order valence-electron chi connectivity index (χ2n) is 4.46. The van der Waals surface area contributed by atoms with Crippen molar-refractivity contribution < 1.29 is 4.52 Å². The molecule has 76 valence electrons. The molecule has 3 atom stereocenters. The standard InChI is InChI=1S/C10H15N3O/c1-6-5-7(6)10-12-9(13-14-10)8-3-2-4-11-8/h6-8,11H,2-5H2,1H3. The molecule has 3 rings (SSSR count). The van der Waals surface area contributed by atoms with E-state index in [0.29, 0.717) is 12.0 Å². The molecule has 1 N–H and O–H groups in total. The van der Waals surface area contributed by atoms with E-state index >= 15 is 0 Å². The number of hydrogen-bond acceptors (Lipinski definition) is 4. The SMILES string of the molecule is CC1CC1c1nc(C2CCCN2)no1. The van der Waals surface area contributed by atoms with Crippen molar-refractivity contribution >= 4 is 0 Å². The lowest BCUT2D eigenvalue weighted by atomic mass is 10.2. The summed E-state index contributed by atoms with van der Waals surface area (Å²) in [6, 6.07) is 0.335. The minimum atomic E-state index is 0.335. The molecule has 0 radical (unpaired) electrons. The maximum absolute atomic E-state index is 5.27. The molecule has 1 aliphatic heterocycles. The van der Waals surface area contributed by atoms with E-state index in [1.54, 1.807) is 0 Å². The Morgan fingerprint density at radius 3 is 3.00 bits per heavy atom. The van der Waals surface area contributed by atoms with Crippen LogP contribution in [0.15, 0.2) is 4.52 Å². The van der Waals surface area contributed by atoms with E-state index in [2.05, 4.69) is 22.4 Å². The predicted molar refractivity (Wildman–Crippen MR) is 50.8 cm³/mol. The minimum Gasteiger partial charge on any atom is -0.339 e. The van der Waals surface area contributed by atoms with E-state index in [0.717, 1.165) is 30.6 Å². The van der Waals surface area contributed by atoms with Crippen molar-refractivity contribution in [1.29, 1.82) is 0 Å². The highest BCUT2D eigenvalue weighted by molar-refractivity contribution is 5.07. The molecule has 1 saturated carbocycles. The summed E-state index contributed by atoms with van der Waals surface area (Å²) in [6.07, 6.45) is 3.56. The Morgan fingerprint density at radius 1 is 1.50 bits per heavy atom. The molecule has 4 nitrogen and oxygen atoms in total. The smallest absolute Gasteiger partial charge is 0.230 e. The van der Waals surface area contributed by atoms with Crippen LogP contribution in [0.3, 0.4) is 0 Å². The summed E-state index contributed by atoms with van der Waals surface area (Å²) in [4.78, 5) is 4.46. The molecular weight excluding hydrogens is 178 g/mol. The Balaban J connectivity index is 1.76. The minimum absolute atomic E-state index is 0.335. The molecule has 1 aromatic heterocycles. The van der Waals surface area contributed by atoms with Crippen LogP contribution in [-0.2, 0) is 0 Å².